The molecule has 0 rings (SSSR count). The summed E-state index contributed by atoms with van der Waals surface area (Å²) in [4.78, 5) is 11.6. The number of hydrogen-bond acceptors (Lipinski definition) is 2. The Labute approximate surface area is 93.8 Å². The lowest BCUT2D eigenvalue weighted by molar-refractivity contribution is -0.123. The first-order chi connectivity index (χ1) is 6.82. The van der Waals surface area contributed by atoms with Gasteiger partial charge in [0.2, 0.25) is 5.91 Å². The molecule has 15 heavy (non-hydrogen) atoms. The molecule has 0 aliphatic carbocycles. The van der Waals surface area contributed by atoms with E-state index in [2.05, 4.69) is 33.0 Å². The van der Waals surface area contributed by atoms with Gasteiger partial charge in [-0.2, -0.15) is 0 Å². The zero-order valence-electron chi connectivity index (χ0n) is 10.7. The predicted octanol–water partition coefficient (Wildman–Crippen LogP) is 1.91. The first-order valence-electron chi connectivity index (χ1n) is 5.88. The highest BCUT2D eigenvalue weighted by Gasteiger charge is 2.17. The molecule has 0 bridgehead atoms. The van der Waals surface area contributed by atoms with Crippen LogP contribution in [-0.4, -0.2) is 18.0 Å². The maximum Gasteiger partial charge on any atom is 0.237 e. The Morgan fingerprint density at radius 3 is 1.93 bits per heavy atom. The Morgan fingerprint density at radius 1 is 1.07 bits per heavy atom. The van der Waals surface area contributed by atoms with E-state index < -0.39 is 0 Å². The number of nitrogens with one attached hydrogen (secondary N) is 1. The molecule has 0 radical (unpaired) electrons. The molecule has 0 heterocycles. The molecule has 1 amide bonds. The van der Waals surface area contributed by atoms with E-state index in [0.29, 0.717) is 11.8 Å². The lowest BCUT2D eigenvalue weighted by Gasteiger charge is -2.19. The van der Waals surface area contributed by atoms with Crippen molar-refractivity contribution in [3.63, 3.8) is 0 Å². The standard InChI is InChI=1S/C12H26N2O/c1-8(2)6-10(5)14-12(15)11(13)7-9(3)4/h8-11H,6-7,13H2,1-5H3,(H,14,15)/t10?,11-/m1/s1. The van der Waals surface area contributed by atoms with Crippen LogP contribution in [0.3, 0.4) is 0 Å². The number of hydrogen-bond donors (Lipinski definition) is 2. The van der Waals surface area contributed by atoms with Crippen molar-refractivity contribution >= 4 is 5.91 Å². The van der Waals surface area contributed by atoms with E-state index in [1.165, 1.54) is 0 Å². The molecule has 0 aromatic rings. The van der Waals surface area contributed by atoms with Gasteiger partial charge in [-0.05, 0) is 31.6 Å². The molecule has 3 heteroatoms. The van der Waals surface area contributed by atoms with E-state index in [9.17, 15) is 4.79 Å². The van der Waals surface area contributed by atoms with Crippen LogP contribution in [0, 0.1) is 11.8 Å². The first-order valence-corrected chi connectivity index (χ1v) is 5.88. The first kappa shape index (κ1) is 14.4. The van der Waals surface area contributed by atoms with Crippen LogP contribution in [-0.2, 0) is 4.79 Å². The van der Waals surface area contributed by atoms with Crippen molar-refractivity contribution in [3.05, 3.63) is 0 Å². The normalized spacial score (nSPS) is 15.5. The van der Waals surface area contributed by atoms with Crippen molar-refractivity contribution in [1.29, 1.82) is 0 Å². The second-order valence-corrected chi connectivity index (χ2v) is 5.28. The fraction of sp³-hybridized carbons (Fsp3) is 0.917. The summed E-state index contributed by atoms with van der Waals surface area (Å²) < 4.78 is 0. The third-order valence-corrected chi connectivity index (χ3v) is 2.28. The lowest BCUT2D eigenvalue weighted by atomic mass is 10.0. The van der Waals surface area contributed by atoms with Crippen LogP contribution in [0.5, 0.6) is 0 Å². The van der Waals surface area contributed by atoms with Crippen molar-refractivity contribution in [2.45, 2.75) is 59.5 Å². The number of carbonyl (C=O) groups excluding carboxylic acids is 1. The van der Waals surface area contributed by atoms with E-state index in [-0.39, 0.29) is 18.0 Å². The summed E-state index contributed by atoms with van der Waals surface area (Å²) in [6.45, 7) is 10.5. The highest BCUT2D eigenvalue weighted by molar-refractivity contribution is 5.81. The molecule has 1 unspecified atom stereocenters. The molecule has 2 atom stereocenters. The minimum atomic E-state index is -0.361. The van der Waals surface area contributed by atoms with Crippen molar-refractivity contribution < 1.29 is 4.79 Å². The van der Waals surface area contributed by atoms with Gasteiger partial charge < -0.3 is 11.1 Å². The zero-order valence-corrected chi connectivity index (χ0v) is 10.7. The average molecular weight is 214 g/mol. The Hall–Kier alpha value is -0.570. The number of rotatable bonds is 6. The topological polar surface area (TPSA) is 55.1 Å². The molecule has 0 aromatic heterocycles. The highest BCUT2D eigenvalue weighted by Crippen LogP contribution is 2.06. The summed E-state index contributed by atoms with van der Waals surface area (Å²) >= 11 is 0. The van der Waals surface area contributed by atoms with E-state index >= 15 is 0 Å². The van der Waals surface area contributed by atoms with Gasteiger partial charge in [0.15, 0.2) is 0 Å². The van der Waals surface area contributed by atoms with Crippen LogP contribution >= 0.6 is 0 Å². The van der Waals surface area contributed by atoms with Crippen LogP contribution in [0.15, 0.2) is 0 Å². The van der Waals surface area contributed by atoms with Gasteiger partial charge in [0.25, 0.3) is 0 Å². The summed E-state index contributed by atoms with van der Waals surface area (Å²) in [6.07, 6.45) is 1.75. The number of carbonyl (C=O) groups is 1. The Bertz CT molecular complexity index is 190. The highest BCUT2D eigenvalue weighted by atomic mass is 16.2. The summed E-state index contributed by atoms with van der Waals surface area (Å²) in [7, 11) is 0. The molecule has 0 aliphatic rings. The summed E-state index contributed by atoms with van der Waals surface area (Å²) in [6, 6.07) is -0.143. The van der Waals surface area contributed by atoms with E-state index in [0.717, 1.165) is 12.8 Å². The minimum absolute atomic E-state index is 0.0168. The van der Waals surface area contributed by atoms with Gasteiger partial charge in [-0.15, -0.1) is 0 Å². The van der Waals surface area contributed by atoms with Crippen LogP contribution in [0.25, 0.3) is 0 Å². The maximum atomic E-state index is 11.6. The van der Waals surface area contributed by atoms with Crippen LogP contribution < -0.4 is 11.1 Å². The molecule has 0 saturated heterocycles. The molecule has 3 nitrogen and oxygen atoms in total. The summed E-state index contributed by atoms with van der Waals surface area (Å²) in [5.41, 5.74) is 5.79. The number of nitrogens with two attached hydrogens (primary N) is 1. The van der Waals surface area contributed by atoms with Crippen molar-refractivity contribution in [1.82, 2.24) is 5.32 Å². The lowest BCUT2D eigenvalue weighted by Crippen LogP contribution is -2.45. The molecule has 0 aliphatic heterocycles. The van der Waals surface area contributed by atoms with Gasteiger partial charge in [0.05, 0.1) is 6.04 Å². The predicted molar refractivity (Wildman–Crippen MR) is 64.5 cm³/mol. The van der Waals surface area contributed by atoms with E-state index in [1.54, 1.807) is 0 Å². The summed E-state index contributed by atoms with van der Waals surface area (Å²) in [5, 5.41) is 2.95. The fourth-order valence-electron chi connectivity index (χ4n) is 1.73. The Morgan fingerprint density at radius 2 is 1.53 bits per heavy atom. The quantitative estimate of drug-likeness (QED) is 0.709. The Balaban J connectivity index is 3.90. The molecule has 0 saturated carbocycles. The van der Waals surface area contributed by atoms with Gasteiger partial charge in [0.1, 0.15) is 0 Å². The van der Waals surface area contributed by atoms with Crippen molar-refractivity contribution in [2.75, 3.05) is 0 Å². The average Bonchev–Trinajstić information content (AvgIpc) is 2.00. The van der Waals surface area contributed by atoms with Crippen molar-refractivity contribution in [3.8, 4) is 0 Å². The SMILES string of the molecule is CC(C)CC(C)NC(=O)[C@H](N)CC(C)C. The second-order valence-electron chi connectivity index (χ2n) is 5.28. The van der Waals surface area contributed by atoms with E-state index in [4.69, 9.17) is 5.73 Å². The Kier molecular flexibility index (Phi) is 6.57. The minimum Gasteiger partial charge on any atom is -0.352 e. The molecular weight excluding hydrogens is 188 g/mol. The van der Waals surface area contributed by atoms with E-state index in [1.807, 2.05) is 6.92 Å². The maximum absolute atomic E-state index is 11.6. The largest absolute Gasteiger partial charge is 0.352 e. The van der Waals surface area contributed by atoms with Gasteiger partial charge in [-0.1, -0.05) is 27.7 Å². The molecule has 90 valence electrons. The third kappa shape index (κ3) is 7.37. The van der Waals surface area contributed by atoms with Crippen LogP contribution in [0.2, 0.25) is 0 Å². The second kappa shape index (κ2) is 6.83. The third-order valence-electron chi connectivity index (χ3n) is 2.28. The zero-order chi connectivity index (χ0) is 12.0. The van der Waals surface area contributed by atoms with Crippen LogP contribution in [0.1, 0.15) is 47.5 Å². The fourth-order valence-corrected chi connectivity index (χ4v) is 1.73. The van der Waals surface area contributed by atoms with Gasteiger partial charge in [-0.3, -0.25) is 4.79 Å². The van der Waals surface area contributed by atoms with Crippen molar-refractivity contribution in [2.24, 2.45) is 17.6 Å². The molecule has 0 fully saturated rings. The van der Waals surface area contributed by atoms with Gasteiger partial charge in [0, 0.05) is 6.04 Å². The van der Waals surface area contributed by atoms with Crippen LogP contribution in [0.4, 0.5) is 0 Å². The monoisotopic (exact) mass is 214 g/mol. The number of amides is 1. The smallest absolute Gasteiger partial charge is 0.237 e. The molecule has 0 spiro atoms. The molecule has 0 aromatic carbocycles. The van der Waals surface area contributed by atoms with Gasteiger partial charge in [-0.25, -0.2) is 0 Å². The van der Waals surface area contributed by atoms with Gasteiger partial charge >= 0.3 is 0 Å². The molecular formula is C12H26N2O. The summed E-state index contributed by atoms with van der Waals surface area (Å²) in [5.74, 6) is 1.05. The molecule has 3 N–H and O–H groups in total.